The van der Waals surface area contributed by atoms with Gasteiger partial charge in [-0.2, -0.15) is 0 Å². The minimum absolute atomic E-state index is 0.204. The Kier molecular flexibility index (Phi) is 6.02. The highest BCUT2D eigenvalue weighted by molar-refractivity contribution is 5.83. The summed E-state index contributed by atoms with van der Waals surface area (Å²) in [5.41, 5.74) is 2.13. The Balaban J connectivity index is 1.75. The molecular formula is C18H25NO4. The van der Waals surface area contributed by atoms with Crippen molar-refractivity contribution < 1.29 is 19.1 Å². The van der Waals surface area contributed by atoms with Gasteiger partial charge in [0.15, 0.2) is 12.7 Å². The summed E-state index contributed by atoms with van der Waals surface area (Å²) >= 11 is 0. The molecule has 0 bridgehead atoms. The molecule has 1 aromatic rings. The molecule has 23 heavy (non-hydrogen) atoms. The molecule has 1 amide bonds. The first-order valence-corrected chi connectivity index (χ1v) is 8.15. The lowest BCUT2D eigenvalue weighted by atomic mass is 10.1. The van der Waals surface area contributed by atoms with Crippen LogP contribution >= 0.6 is 0 Å². The zero-order valence-electron chi connectivity index (χ0n) is 14.1. The normalized spacial score (nSPS) is 16.0. The van der Waals surface area contributed by atoms with Crippen molar-refractivity contribution in [3.8, 4) is 5.75 Å². The Morgan fingerprint density at radius 3 is 2.39 bits per heavy atom. The summed E-state index contributed by atoms with van der Waals surface area (Å²) in [6.07, 6.45) is 3.49. The third-order valence-electron chi connectivity index (χ3n) is 3.93. The molecule has 5 heteroatoms. The quantitative estimate of drug-likeness (QED) is 0.819. The fourth-order valence-electron chi connectivity index (χ4n) is 2.83. The Morgan fingerprint density at radius 2 is 1.78 bits per heavy atom. The highest BCUT2D eigenvalue weighted by atomic mass is 16.6. The Bertz CT molecular complexity index is 544. The number of rotatable bonds is 6. The summed E-state index contributed by atoms with van der Waals surface area (Å²) in [4.78, 5) is 23.8. The van der Waals surface area contributed by atoms with Crippen LogP contribution < -0.4 is 10.1 Å². The number of carbonyl (C=O) groups excluding carboxylic acids is 2. The predicted molar refractivity (Wildman–Crippen MR) is 87.4 cm³/mol. The monoisotopic (exact) mass is 319 g/mol. The van der Waals surface area contributed by atoms with Crippen LogP contribution in [-0.2, 0) is 14.3 Å². The van der Waals surface area contributed by atoms with Crippen molar-refractivity contribution >= 4 is 11.9 Å². The van der Waals surface area contributed by atoms with Gasteiger partial charge in [-0.3, -0.25) is 4.79 Å². The van der Waals surface area contributed by atoms with Gasteiger partial charge in [-0.15, -0.1) is 0 Å². The number of ether oxygens (including phenoxy) is 2. The van der Waals surface area contributed by atoms with E-state index in [1.165, 1.54) is 0 Å². The van der Waals surface area contributed by atoms with Crippen LogP contribution in [0.1, 0.15) is 43.7 Å². The molecule has 1 aromatic carbocycles. The van der Waals surface area contributed by atoms with Gasteiger partial charge in [0, 0.05) is 6.04 Å². The van der Waals surface area contributed by atoms with E-state index >= 15 is 0 Å². The first-order chi connectivity index (χ1) is 10.9. The highest BCUT2D eigenvalue weighted by Gasteiger charge is 2.23. The van der Waals surface area contributed by atoms with E-state index in [2.05, 4.69) is 5.32 Å². The van der Waals surface area contributed by atoms with Crippen molar-refractivity contribution in [2.45, 2.75) is 58.6 Å². The first kappa shape index (κ1) is 17.3. The van der Waals surface area contributed by atoms with Gasteiger partial charge in [-0.1, -0.05) is 18.9 Å². The third-order valence-corrected chi connectivity index (χ3v) is 3.93. The van der Waals surface area contributed by atoms with Crippen molar-refractivity contribution in [3.05, 3.63) is 29.3 Å². The van der Waals surface area contributed by atoms with Gasteiger partial charge < -0.3 is 14.8 Å². The van der Waals surface area contributed by atoms with Crippen molar-refractivity contribution in [1.29, 1.82) is 0 Å². The summed E-state index contributed by atoms with van der Waals surface area (Å²) in [6, 6.07) is 5.96. The van der Waals surface area contributed by atoms with Crippen molar-refractivity contribution in [2.75, 3.05) is 6.61 Å². The van der Waals surface area contributed by atoms with Crippen LogP contribution in [0.2, 0.25) is 0 Å². The first-order valence-electron chi connectivity index (χ1n) is 8.15. The standard InChI is InChI=1S/C18H25NO4/c1-12-8-13(2)10-16(9-12)22-11-17(20)23-14(3)18(21)19-15-6-4-5-7-15/h8-10,14-15H,4-7,11H2,1-3H3,(H,19,21). The van der Waals surface area contributed by atoms with Gasteiger partial charge in [0.25, 0.3) is 5.91 Å². The van der Waals surface area contributed by atoms with E-state index in [1.807, 2.05) is 32.0 Å². The SMILES string of the molecule is Cc1cc(C)cc(OCC(=O)OC(C)C(=O)NC2CCCC2)c1. The van der Waals surface area contributed by atoms with Crippen molar-refractivity contribution in [3.63, 3.8) is 0 Å². The maximum absolute atomic E-state index is 12.0. The number of hydrogen-bond acceptors (Lipinski definition) is 4. The number of benzene rings is 1. The molecule has 0 heterocycles. The smallest absolute Gasteiger partial charge is 0.344 e. The van der Waals surface area contributed by atoms with Gasteiger partial charge in [-0.05, 0) is 56.9 Å². The maximum Gasteiger partial charge on any atom is 0.344 e. The second kappa shape index (κ2) is 7.99. The number of nitrogens with one attached hydrogen (secondary N) is 1. The number of carbonyl (C=O) groups is 2. The molecule has 0 aliphatic heterocycles. The van der Waals surface area contributed by atoms with Crippen LogP contribution in [0.4, 0.5) is 0 Å². The van der Waals surface area contributed by atoms with E-state index in [4.69, 9.17) is 9.47 Å². The Morgan fingerprint density at radius 1 is 1.17 bits per heavy atom. The molecular weight excluding hydrogens is 294 g/mol. The summed E-state index contributed by atoms with van der Waals surface area (Å²) in [6.45, 7) is 5.31. The lowest BCUT2D eigenvalue weighted by Crippen LogP contribution is -2.41. The molecule has 126 valence electrons. The molecule has 1 aliphatic carbocycles. The lowest BCUT2D eigenvalue weighted by Gasteiger charge is -2.17. The maximum atomic E-state index is 12.0. The van der Waals surface area contributed by atoms with Gasteiger partial charge >= 0.3 is 5.97 Å². The largest absolute Gasteiger partial charge is 0.482 e. The minimum atomic E-state index is -0.800. The molecule has 0 radical (unpaired) electrons. The van der Waals surface area contributed by atoms with E-state index in [0.29, 0.717) is 5.75 Å². The molecule has 1 atom stereocenters. The molecule has 2 rings (SSSR count). The molecule has 1 saturated carbocycles. The number of amides is 1. The van der Waals surface area contributed by atoms with Crippen LogP contribution in [0.3, 0.4) is 0 Å². The molecule has 0 saturated heterocycles. The van der Waals surface area contributed by atoms with Crippen LogP contribution in [0.25, 0.3) is 0 Å². The van der Waals surface area contributed by atoms with Gasteiger partial charge in [0.2, 0.25) is 0 Å². The average molecular weight is 319 g/mol. The summed E-state index contributed by atoms with van der Waals surface area (Å²) in [5.74, 6) is -0.155. The lowest BCUT2D eigenvalue weighted by molar-refractivity contribution is -0.156. The zero-order valence-corrected chi connectivity index (χ0v) is 14.1. The topological polar surface area (TPSA) is 64.6 Å². The zero-order chi connectivity index (χ0) is 16.8. The van der Waals surface area contributed by atoms with Crippen LogP contribution in [-0.4, -0.2) is 30.6 Å². The molecule has 5 nitrogen and oxygen atoms in total. The third kappa shape index (κ3) is 5.58. The molecule has 1 fully saturated rings. The second-order valence-corrected chi connectivity index (χ2v) is 6.23. The molecule has 1 unspecified atom stereocenters. The average Bonchev–Trinajstić information content (AvgIpc) is 2.97. The van der Waals surface area contributed by atoms with Crippen molar-refractivity contribution in [1.82, 2.24) is 5.32 Å². The molecule has 0 spiro atoms. The van der Waals surface area contributed by atoms with Gasteiger partial charge in [0.05, 0.1) is 0 Å². The second-order valence-electron chi connectivity index (χ2n) is 6.23. The minimum Gasteiger partial charge on any atom is -0.482 e. The number of esters is 1. The summed E-state index contributed by atoms with van der Waals surface area (Å²) in [7, 11) is 0. The highest BCUT2D eigenvalue weighted by Crippen LogP contribution is 2.18. The van der Waals surface area contributed by atoms with Gasteiger partial charge in [0.1, 0.15) is 5.75 Å². The Labute approximate surface area is 137 Å². The summed E-state index contributed by atoms with van der Waals surface area (Å²) < 4.78 is 10.6. The van der Waals surface area contributed by atoms with Crippen molar-refractivity contribution in [2.24, 2.45) is 0 Å². The van der Waals surface area contributed by atoms with Crippen LogP contribution in [0.5, 0.6) is 5.75 Å². The van der Waals surface area contributed by atoms with E-state index in [0.717, 1.165) is 36.8 Å². The van der Waals surface area contributed by atoms with Crippen LogP contribution in [0.15, 0.2) is 18.2 Å². The molecule has 0 aromatic heterocycles. The number of hydrogen-bond donors (Lipinski definition) is 1. The molecule has 1 aliphatic rings. The predicted octanol–water partition coefficient (Wildman–Crippen LogP) is 2.67. The summed E-state index contributed by atoms with van der Waals surface area (Å²) in [5, 5.41) is 2.92. The van der Waals surface area contributed by atoms with Gasteiger partial charge in [-0.25, -0.2) is 4.79 Å². The van der Waals surface area contributed by atoms with E-state index in [1.54, 1.807) is 6.92 Å². The fourth-order valence-corrected chi connectivity index (χ4v) is 2.83. The van der Waals surface area contributed by atoms with E-state index in [-0.39, 0.29) is 18.6 Å². The van der Waals surface area contributed by atoms with E-state index < -0.39 is 12.1 Å². The van der Waals surface area contributed by atoms with Crippen LogP contribution in [0, 0.1) is 13.8 Å². The fraction of sp³-hybridized carbons (Fsp3) is 0.556. The van der Waals surface area contributed by atoms with E-state index in [9.17, 15) is 9.59 Å². The Hall–Kier alpha value is -2.04. The number of aryl methyl sites for hydroxylation is 2. The molecule has 1 N–H and O–H groups in total.